The molecule has 82 valence electrons. The second-order valence-corrected chi connectivity index (χ2v) is 3.61. The summed E-state index contributed by atoms with van der Waals surface area (Å²) in [4.78, 5) is 10.6. The van der Waals surface area contributed by atoms with Crippen LogP contribution < -0.4 is 0 Å². The topological polar surface area (TPSA) is 34.9 Å². The highest BCUT2D eigenvalue weighted by Crippen LogP contribution is 2.07. The molecule has 0 unspecified atom stereocenters. The Morgan fingerprint density at radius 2 is 2.06 bits per heavy atom. The highest BCUT2D eigenvalue weighted by atomic mass is 19.1. The predicted octanol–water partition coefficient (Wildman–Crippen LogP) is 2.19. The fourth-order valence-corrected chi connectivity index (χ4v) is 1.51. The molecule has 0 aliphatic rings. The molecule has 0 aliphatic heterocycles. The van der Waals surface area contributed by atoms with E-state index in [4.69, 9.17) is 0 Å². The number of carbonyl (C=O) groups is 1. The van der Waals surface area contributed by atoms with Gasteiger partial charge in [-0.15, -0.1) is 0 Å². The summed E-state index contributed by atoms with van der Waals surface area (Å²) in [5.74, 6) is -0.256. The van der Waals surface area contributed by atoms with E-state index in [1.54, 1.807) is 29.9 Å². The molecule has 1 aromatic heterocycles. The van der Waals surface area contributed by atoms with Gasteiger partial charge in [0.15, 0.2) is 6.29 Å². The van der Waals surface area contributed by atoms with Crippen molar-refractivity contribution >= 4 is 6.29 Å². The van der Waals surface area contributed by atoms with Crippen LogP contribution in [-0.4, -0.2) is 16.1 Å². The lowest BCUT2D eigenvalue weighted by Gasteiger charge is -2.01. The number of hydrogen-bond acceptors (Lipinski definition) is 2. The lowest BCUT2D eigenvalue weighted by molar-refractivity contribution is 0.112. The Balaban J connectivity index is 2.20. The number of aldehydes is 1. The van der Waals surface area contributed by atoms with Gasteiger partial charge in [0.25, 0.3) is 0 Å². The molecule has 1 aromatic carbocycles. The molecule has 2 rings (SSSR count). The Hall–Kier alpha value is -1.97. The maximum Gasteiger partial charge on any atom is 0.153 e. The van der Waals surface area contributed by atoms with E-state index >= 15 is 0 Å². The third-order valence-corrected chi connectivity index (χ3v) is 2.37. The maximum atomic E-state index is 12.7. The molecular formula is C12H11FN2O. The van der Waals surface area contributed by atoms with Gasteiger partial charge in [-0.25, -0.2) is 4.39 Å². The van der Waals surface area contributed by atoms with Crippen LogP contribution in [0.4, 0.5) is 4.39 Å². The highest BCUT2D eigenvalue weighted by Gasteiger charge is 2.03. The van der Waals surface area contributed by atoms with Crippen molar-refractivity contribution in [3.05, 3.63) is 53.1 Å². The van der Waals surface area contributed by atoms with Gasteiger partial charge in [0.2, 0.25) is 0 Å². The summed E-state index contributed by atoms with van der Waals surface area (Å²) in [6, 6.07) is 6.22. The smallest absolute Gasteiger partial charge is 0.153 e. The zero-order valence-electron chi connectivity index (χ0n) is 8.85. The van der Waals surface area contributed by atoms with Gasteiger partial charge in [0, 0.05) is 6.20 Å². The number of hydrogen-bond donors (Lipinski definition) is 0. The summed E-state index contributed by atoms with van der Waals surface area (Å²) in [6.45, 7) is 2.32. The van der Waals surface area contributed by atoms with Crippen molar-refractivity contribution in [1.29, 1.82) is 0 Å². The van der Waals surface area contributed by atoms with Crippen molar-refractivity contribution in [2.24, 2.45) is 0 Å². The summed E-state index contributed by atoms with van der Waals surface area (Å²) in [5.41, 5.74) is 2.24. The van der Waals surface area contributed by atoms with Gasteiger partial charge in [0.05, 0.1) is 17.8 Å². The first-order chi connectivity index (χ1) is 7.69. The fourth-order valence-electron chi connectivity index (χ4n) is 1.51. The number of benzene rings is 1. The third-order valence-electron chi connectivity index (χ3n) is 2.37. The molecule has 0 amide bonds. The fraction of sp³-hybridized carbons (Fsp3) is 0.167. The van der Waals surface area contributed by atoms with Crippen LogP contribution in [0.25, 0.3) is 0 Å². The molecule has 0 saturated heterocycles. The minimum atomic E-state index is -0.256. The Morgan fingerprint density at radius 3 is 2.62 bits per heavy atom. The second-order valence-electron chi connectivity index (χ2n) is 3.61. The average Bonchev–Trinajstić information content (AvgIpc) is 2.62. The average molecular weight is 218 g/mol. The van der Waals surface area contributed by atoms with E-state index < -0.39 is 0 Å². The molecule has 1 heterocycles. The first kappa shape index (κ1) is 10.5. The van der Waals surface area contributed by atoms with Crippen molar-refractivity contribution in [2.45, 2.75) is 13.5 Å². The first-order valence-electron chi connectivity index (χ1n) is 4.92. The van der Waals surface area contributed by atoms with E-state index in [1.807, 2.05) is 0 Å². The van der Waals surface area contributed by atoms with Crippen LogP contribution >= 0.6 is 0 Å². The SMILES string of the molecule is Cc1nn(Cc2ccc(F)cc2)cc1C=O. The van der Waals surface area contributed by atoms with Gasteiger partial charge in [-0.3, -0.25) is 9.48 Å². The molecule has 0 radical (unpaired) electrons. The molecule has 0 bridgehead atoms. The molecule has 0 saturated carbocycles. The van der Waals surface area contributed by atoms with Crippen LogP contribution in [0, 0.1) is 12.7 Å². The summed E-state index contributed by atoms with van der Waals surface area (Å²) >= 11 is 0. The first-order valence-corrected chi connectivity index (χ1v) is 4.92. The second kappa shape index (κ2) is 4.26. The van der Waals surface area contributed by atoms with Crippen molar-refractivity contribution in [2.75, 3.05) is 0 Å². The monoisotopic (exact) mass is 218 g/mol. The van der Waals surface area contributed by atoms with Crippen molar-refractivity contribution < 1.29 is 9.18 Å². The standard InChI is InChI=1S/C12H11FN2O/c1-9-11(8-16)7-15(14-9)6-10-2-4-12(13)5-3-10/h2-5,7-8H,6H2,1H3. The van der Waals surface area contributed by atoms with Crippen LogP contribution in [0.15, 0.2) is 30.5 Å². The zero-order chi connectivity index (χ0) is 11.5. The molecule has 0 N–H and O–H groups in total. The van der Waals surface area contributed by atoms with Gasteiger partial charge in [-0.05, 0) is 24.6 Å². The minimum Gasteiger partial charge on any atom is -0.298 e. The largest absolute Gasteiger partial charge is 0.298 e. The lowest BCUT2D eigenvalue weighted by Crippen LogP contribution is -2.00. The molecule has 0 spiro atoms. The van der Waals surface area contributed by atoms with Crippen LogP contribution in [0.3, 0.4) is 0 Å². The molecule has 16 heavy (non-hydrogen) atoms. The number of nitrogens with zero attached hydrogens (tertiary/aromatic N) is 2. The third kappa shape index (κ3) is 2.16. The summed E-state index contributed by atoms with van der Waals surface area (Å²) in [5, 5.41) is 4.19. The van der Waals surface area contributed by atoms with Crippen LogP contribution in [0.1, 0.15) is 21.6 Å². The van der Waals surface area contributed by atoms with E-state index in [1.165, 1.54) is 12.1 Å². The summed E-state index contributed by atoms with van der Waals surface area (Å²) in [6.07, 6.45) is 2.47. The van der Waals surface area contributed by atoms with E-state index in [0.29, 0.717) is 17.8 Å². The van der Waals surface area contributed by atoms with E-state index in [0.717, 1.165) is 11.8 Å². The number of aryl methyl sites for hydroxylation is 1. The van der Waals surface area contributed by atoms with Gasteiger partial charge in [0.1, 0.15) is 5.82 Å². The van der Waals surface area contributed by atoms with E-state index in [-0.39, 0.29) is 5.82 Å². The Labute approximate surface area is 92.5 Å². The molecular weight excluding hydrogens is 207 g/mol. The maximum absolute atomic E-state index is 12.7. The normalized spacial score (nSPS) is 10.4. The minimum absolute atomic E-state index is 0.256. The van der Waals surface area contributed by atoms with E-state index in [9.17, 15) is 9.18 Å². The van der Waals surface area contributed by atoms with Gasteiger partial charge in [-0.2, -0.15) is 5.10 Å². The summed E-state index contributed by atoms with van der Waals surface area (Å²) in [7, 11) is 0. The van der Waals surface area contributed by atoms with Gasteiger partial charge < -0.3 is 0 Å². The lowest BCUT2D eigenvalue weighted by atomic mass is 10.2. The Bertz CT molecular complexity index is 502. The number of rotatable bonds is 3. The van der Waals surface area contributed by atoms with Crippen molar-refractivity contribution in [3.63, 3.8) is 0 Å². The van der Waals surface area contributed by atoms with Crippen molar-refractivity contribution in [3.8, 4) is 0 Å². The van der Waals surface area contributed by atoms with Gasteiger partial charge >= 0.3 is 0 Å². The molecule has 0 atom stereocenters. The Kier molecular flexibility index (Phi) is 2.81. The summed E-state index contributed by atoms with van der Waals surface area (Å²) < 4.78 is 14.4. The number of aromatic nitrogens is 2. The van der Waals surface area contributed by atoms with Crippen LogP contribution in [0.5, 0.6) is 0 Å². The highest BCUT2D eigenvalue weighted by molar-refractivity contribution is 5.75. The predicted molar refractivity (Wildman–Crippen MR) is 57.9 cm³/mol. The number of carbonyl (C=O) groups excluding carboxylic acids is 1. The van der Waals surface area contributed by atoms with Gasteiger partial charge in [-0.1, -0.05) is 12.1 Å². The van der Waals surface area contributed by atoms with Crippen LogP contribution in [-0.2, 0) is 6.54 Å². The zero-order valence-corrected chi connectivity index (χ0v) is 8.85. The van der Waals surface area contributed by atoms with E-state index in [2.05, 4.69) is 5.10 Å². The Morgan fingerprint density at radius 1 is 1.38 bits per heavy atom. The molecule has 0 fully saturated rings. The molecule has 0 aliphatic carbocycles. The van der Waals surface area contributed by atoms with Crippen LogP contribution in [0.2, 0.25) is 0 Å². The van der Waals surface area contributed by atoms with Crippen molar-refractivity contribution in [1.82, 2.24) is 9.78 Å². The molecule has 4 heteroatoms. The molecule has 3 nitrogen and oxygen atoms in total. The quantitative estimate of drug-likeness (QED) is 0.740. The molecule has 2 aromatic rings. The number of halogens is 1.